The Morgan fingerprint density at radius 3 is 2.74 bits per heavy atom. The Hall–Kier alpha value is -2.36. The number of hydrogen-bond donors (Lipinski definition) is 1. The fourth-order valence-electron chi connectivity index (χ4n) is 2.21. The lowest BCUT2D eigenvalue weighted by molar-refractivity contribution is 0.610. The van der Waals surface area contributed by atoms with Crippen molar-refractivity contribution in [2.24, 2.45) is 0 Å². The van der Waals surface area contributed by atoms with Gasteiger partial charge >= 0.3 is 0 Å². The molecular formula is C15H13FN2O. The molecule has 0 bridgehead atoms. The second kappa shape index (κ2) is 4.09. The molecule has 3 nitrogen and oxygen atoms in total. The molecule has 0 unspecified atom stereocenters. The van der Waals surface area contributed by atoms with Crippen molar-refractivity contribution in [3.8, 4) is 11.5 Å². The zero-order valence-corrected chi connectivity index (χ0v) is 10.7. The standard InChI is InChI=1S/C15H13FN2O/c1-8-5-9(2)14-13(6-8)18-15(19-14)11-7-10(16)3-4-12(11)17/h3-7H,17H2,1-2H3. The van der Waals surface area contributed by atoms with Crippen molar-refractivity contribution in [1.82, 2.24) is 4.98 Å². The van der Waals surface area contributed by atoms with Gasteiger partial charge in [-0.05, 0) is 49.2 Å². The van der Waals surface area contributed by atoms with Crippen molar-refractivity contribution in [3.63, 3.8) is 0 Å². The highest BCUT2D eigenvalue weighted by atomic mass is 19.1. The maximum absolute atomic E-state index is 13.3. The molecule has 19 heavy (non-hydrogen) atoms. The molecule has 0 saturated heterocycles. The third-order valence-electron chi connectivity index (χ3n) is 3.07. The van der Waals surface area contributed by atoms with Gasteiger partial charge in [0.2, 0.25) is 5.89 Å². The maximum atomic E-state index is 13.3. The zero-order valence-electron chi connectivity index (χ0n) is 10.7. The molecule has 2 N–H and O–H groups in total. The van der Waals surface area contributed by atoms with Gasteiger partial charge in [0.15, 0.2) is 5.58 Å². The van der Waals surface area contributed by atoms with E-state index in [4.69, 9.17) is 10.2 Å². The second-order valence-corrected chi connectivity index (χ2v) is 4.68. The SMILES string of the molecule is Cc1cc(C)c2oc(-c3cc(F)ccc3N)nc2c1. The molecule has 0 aliphatic rings. The van der Waals surface area contributed by atoms with Crippen LogP contribution in [0.3, 0.4) is 0 Å². The first-order valence-corrected chi connectivity index (χ1v) is 5.98. The number of hydrogen-bond acceptors (Lipinski definition) is 3. The van der Waals surface area contributed by atoms with Gasteiger partial charge in [0, 0.05) is 5.69 Å². The van der Waals surface area contributed by atoms with Crippen molar-refractivity contribution in [3.05, 3.63) is 47.3 Å². The summed E-state index contributed by atoms with van der Waals surface area (Å²) >= 11 is 0. The monoisotopic (exact) mass is 256 g/mol. The molecule has 4 heteroatoms. The summed E-state index contributed by atoms with van der Waals surface area (Å²) in [6.07, 6.45) is 0. The predicted octanol–water partition coefficient (Wildman–Crippen LogP) is 3.83. The number of oxazole rings is 1. The van der Waals surface area contributed by atoms with Crippen LogP contribution in [0.4, 0.5) is 10.1 Å². The minimum absolute atomic E-state index is 0.348. The van der Waals surface area contributed by atoms with Crippen molar-refractivity contribution >= 4 is 16.8 Å². The summed E-state index contributed by atoms with van der Waals surface area (Å²) < 4.78 is 19.0. The van der Waals surface area contributed by atoms with Crippen molar-refractivity contribution in [2.75, 3.05) is 5.73 Å². The Morgan fingerprint density at radius 1 is 1.16 bits per heavy atom. The molecule has 96 valence electrons. The minimum Gasteiger partial charge on any atom is -0.436 e. The van der Waals surface area contributed by atoms with Crippen LogP contribution in [0, 0.1) is 19.7 Å². The number of anilines is 1. The summed E-state index contributed by atoms with van der Waals surface area (Å²) in [6, 6.07) is 8.12. The normalized spacial score (nSPS) is 11.1. The first kappa shape index (κ1) is 11.7. The van der Waals surface area contributed by atoms with Crippen LogP contribution < -0.4 is 5.73 Å². The number of aryl methyl sites for hydroxylation is 2. The van der Waals surface area contributed by atoms with Crippen molar-refractivity contribution in [2.45, 2.75) is 13.8 Å². The van der Waals surface area contributed by atoms with E-state index in [1.807, 2.05) is 26.0 Å². The van der Waals surface area contributed by atoms with Crippen LogP contribution in [0.5, 0.6) is 0 Å². The van der Waals surface area contributed by atoms with Crippen LogP contribution >= 0.6 is 0 Å². The molecule has 0 spiro atoms. The second-order valence-electron chi connectivity index (χ2n) is 4.68. The van der Waals surface area contributed by atoms with Gasteiger partial charge in [0.1, 0.15) is 11.3 Å². The van der Waals surface area contributed by atoms with Gasteiger partial charge in [-0.2, -0.15) is 0 Å². The van der Waals surface area contributed by atoms with Gasteiger partial charge in [-0.1, -0.05) is 6.07 Å². The molecule has 0 radical (unpaired) electrons. The molecule has 1 aromatic heterocycles. The topological polar surface area (TPSA) is 52.0 Å². The van der Waals surface area contributed by atoms with E-state index in [0.717, 1.165) is 16.6 Å². The van der Waals surface area contributed by atoms with Gasteiger partial charge in [-0.15, -0.1) is 0 Å². The van der Waals surface area contributed by atoms with E-state index >= 15 is 0 Å². The molecule has 0 saturated carbocycles. The summed E-state index contributed by atoms with van der Waals surface area (Å²) in [5, 5.41) is 0. The Labute approximate surface area is 109 Å². The molecule has 0 atom stereocenters. The Bertz CT molecular complexity index is 777. The van der Waals surface area contributed by atoms with E-state index in [9.17, 15) is 4.39 Å². The predicted molar refractivity (Wildman–Crippen MR) is 73.3 cm³/mol. The van der Waals surface area contributed by atoms with E-state index in [1.54, 1.807) is 0 Å². The third-order valence-corrected chi connectivity index (χ3v) is 3.07. The molecule has 0 aliphatic heterocycles. The average molecular weight is 256 g/mol. The van der Waals surface area contributed by atoms with Crippen LogP contribution in [-0.4, -0.2) is 4.98 Å². The fraction of sp³-hybridized carbons (Fsp3) is 0.133. The molecule has 1 heterocycles. The molecule has 0 fully saturated rings. The number of rotatable bonds is 1. The van der Waals surface area contributed by atoms with E-state index in [-0.39, 0.29) is 5.82 Å². The number of aromatic nitrogens is 1. The number of benzene rings is 2. The van der Waals surface area contributed by atoms with Gasteiger partial charge in [0.05, 0.1) is 5.56 Å². The van der Waals surface area contributed by atoms with E-state index in [0.29, 0.717) is 22.7 Å². The molecule has 3 aromatic rings. The van der Waals surface area contributed by atoms with Gasteiger partial charge in [-0.3, -0.25) is 0 Å². The largest absolute Gasteiger partial charge is 0.436 e. The zero-order chi connectivity index (χ0) is 13.6. The van der Waals surface area contributed by atoms with Crippen LogP contribution in [0.15, 0.2) is 34.7 Å². The minimum atomic E-state index is -0.362. The number of nitrogen functional groups attached to an aromatic ring is 1. The first-order valence-electron chi connectivity index (χ1n) is 5.98. The molecule has 0 aliphatic carbocycles. The number of nitrogens with zero attached hydrogens (tertiary/aromatic N) is 1. The lowest BCUT2D eigenvalue weighted by Crippen LogP contribution is -1.90. The van der Waals surface area contributed by atoms with Gasteiger partial charge < -0.3 is 10.2 Å². The van der Waals surface area contributed by atoms with Crippen LogP contribution in [-0.2, 0) is 0 Å². The highest BCUT2D eigenvalue weighted by Crippen LogP contribution is 2.30. The molecule has 2 aromatic carbocycles. The van der Waals surface area contributed by atoms with Gasteiger partial charge in [-0.25, -0.2) is 9.37 Å². The summed E-state index contributed by atoms with van der Waals surface area (Å²) in [5.41, 5.74) is 10.4. The molecule has 0 amide bonds. The van der Waals surface area contributed by atoms with Crippen LogP contribution in [0.2, 0.25) is 0 Å². The summed E-state index contributed by atoms with van der Waals surface area (Å²) in [5.74, 6) is -0.0138. The van der Waals surface area contributed by atoms with Crippen molar-refractivity contribution < 1.29 is 8.81 Å². The number of nitrogens with two attached hydrogens (primary N) is 1. The Kier molecular flexibility index (Phi) is 2.52. The lowest BCUT2D eigenvalue weighted by atomic mass is 10.1. The first-order chi connectivity index (χ1) is 9.04. The summed E-state index contributed by atoms with van der Waals surface area (Å²) in [6.45, 7) is 3.95. The van der Waals surface area contributed by atoms with Crippen LogP contribution in [0.1, 0.15) is 11.1 Å². The van der Waals surface area contributed by atoms with Crippen molar-refractivity contribution in [1.29, 1.82) is 0 Å². The number of fused-ring (bicyclic) bond motifs is 1. The van der Waals surface area contributed by atoms with E-state index in [1.165, 1.54) is 18.2 Å². The number of halogens is 1. The fourth-order valence-corrected chi connectivity index (χ4v) is 2.21. The molecular weight excluding hydrogens is 243 g/mol. The smallest absolute Gasteiger partial charge is 0.229 e. The third kappa shape index (κ3) is 1.95. The highest BCUT2D eigenvalue weighted by Gasteiger charge is 2.13. The van der Waals surface area contributed by atoms with Gasteiger partial charge in [0.25, 0.3) is 0 Å². The van der Waals surface area contributed by atoms with Crippen LogP contribution in [0.25, 0.3) is 22.6 Å². The van der Waals surface area contributed by atoms with E-state index < -0.39 is 0 Å². The maximum Gasteiger partial charge on any atom is 0.229 e. The highest BCUT2D eigenvalue weighted by molar-refractivity contribution is 5.82. The molecule has 3 rings (SSSR count). The Morgan fingerprint density at radius 2 is 1.95 bits per heavy atom. The Balaban J connectivity index is 2.26. The quantitative estimate of drug-likeness (QED) is 0.673. The van der Waals surface area contributed by atoms with E-state index in [2.05, 4.69) is 4.98 Å². The average Bonchev–Trinajstić information content (AvgIpc) is 2.76. The lowest BCUT2D eigenvalue weighted by Gasteiger charge is -2.00. The summed E-state index contributed by atoms with van der Waals surface area (Å²) in [4.78, 5) is 4.39. The summed E-state index contributed by atoms with van der Waals surface area (Å²) in [7, 11) is 0.